The summed E-state index contributed by atoms with van der Waals surface area (Å²) in [6.45, 7) is 4.28. The first kappa shape index (κ1) is 32.1. The first-order valence-corrected chi connectivity index (χ1v) is 14.4. The summed E-state index contributed by atoms with van der Waals surface area (Å²) in [5.74, 6) is -0.0467. The molecule has 0 aromatic heterocycles. The summed E-state index contributed by atoms with van der Waals surface area (Å²) in [6.07, 6.45) is 28.3. The molecule has 0 heterocycles. The van der Waals surface area contributed by atoms with Gasteiger partial charge < -0.3 is 15.5 Å². The fraction of sp³-hybridized carbons (Fsp3) is 0.897. The van der Waals surface area contributed by atoms with Crippen molar-refractivity contribution in [1.82, 2.24) is 5.32 Å². The van der Waals surface area contributed by atoms with E-state index in [1.54, 1.807) is 0 Å². The fourth-order valence-corrected chi connectivity index (χ4v) is 4.23. The van der Waals surface area contributed by atoms with Gasteiger partial charge in [0.05, 0.1) is 18.8 Å². The Bertz CT molecular complexity index is 439. The van der Waals surface area contributed by atoms with Gasteiger partial charge in [0, 0.05) is 6.42 Å². The maximum atomic E-state index is 12.2. The molecule has 0 spiro atoms. The van der Waals surface area contributed by atoms with E-state index in [1.807, 2.05) is 0 Å². The number of amides is 1. The van der Waals surface area contributed by atoms with Gasteiger partial charge in [0.2, 0.25) is 5.91 Å². The molecule has 0 saturated carbocycles. The van der Waals surface area contributed by atoms with E-state index < -0.39 is 12.1 Å². The number of rotatable bonds is 25. The maximum absolute atomic E-state index is 12.2. The molecule has 0 aliphatic rings. The number of carbonyl (C=O) groups excluding carboxylic acids is 1. The van der Waals surface area contributed by atoms with Crippen LogP contribution in [0.15, 0.2) is 12.2 Å². The van der Waals surface area contributed by atoms with Crippen LogP contribution in [0.25, 0.3) is 0 Å². The Morgan fingerprint density at radius 2 is 1.15 bits per heavy atom. The van der Waals surface area contributed by atoms with Gasteiger partial charge in [-0.3, -0.25) is 4.79 Å². The third kappa shape index (κ3) is 22.7. The second-order valence-electron chi connectivity index (χ2n) is 9.81. The van der Waals surface area contributed by atoms with Crippen LogP contribution < -0.4 is 5.32 Å². The molecule has 0 aromatic carbocycles. The Labute approximate surface area is 206 Å². The van der Waals surface area contributed by atoms with E-state index in [1.165, 1.54) is 96.3 Å². The van der Waals surface area contributed by atoms with Gasteiger partial charge in [-0.15, -0.1) is 0 Å². The molecule has 0 aliphatic heterocycles. The van der Waals surface area contributed by atoms with Crippen LogP contribution in [-0.4, -0.2) is 34.9 Å². The molecule has 0 rings (SSSR count). The molecule has 4 nitrogen and oxygen atoms in total. The summed E-state index contributed by atoms with van der Waals surface area (Å²) in [7, 11) is 0. The Hall–Kier alpha value is -0.870. The van der Waals surface area contributed by atoms with Crippen molar-refractivity contribution in [2.75, 3.05) is 6.61 Å². The maximum Gasteiger partial charge on any atom is 0.220 e. The number of nitrogens with one attached hydrogen (secondary N) is 1. The topological polar surface area (TPSA) is 69.6 Å². The lowest BCUT2D eigenvalue weighted by Crippen LogP contribution is -2.45. The van der Waals surface area contributed by atoms with E-state index in [0.29, 0.717) is 12.8 Å². The van der Waals surface area contributed by atoms with Crippen molar-refractivity contribution in [3.63, 3.8) is 0 Å². The molecule has 0 radical (unpaired) electrons. The van der Waals surface area contributed by atoms with Crippen LogP contribution in [0.5, 0.6) is 0 Å². The zero-order valence-corrected chi connectivity index (χ0v) is 22.2. The highest BCUT2D eigenvalue weighted by Crippen LogP contribution is 2.12. The number of hydrogen-bond donors (Lipinski definition) is 3. The van der Waals surface area contributed by atoms with Crippen LogP contribution in [0.3, 0.4) is 0 Å². The van der Waals surface area contributed by atoms with Crippen molar-refractivity contribution in [1.29, 1.82) is 0 Å². The van der Waals surface area contributed by atoms with Crippen LogP contribution in [0.2, 0.25) is 0 Å². The summed E-state index contributed by atoms with van der Waals surface area (Å²) in [5, 5.41) is 22.7. The predicted octanol–water partition coefficient (Wildman–Crippen LogP) is 7.61. The van der Waals surface area contributed by atoms with Gasteiger partial charge in [0.15, 0.2) is 0 Å². The molecule has 196 valence electrons. The minimum atomic E-state index is -0.654. The largest absolute Gasteiger partial charge is 0.394 e. The Kier molecular flexibility index (Phi) is 25.1. The van der Waals surface area contributed by atoms with E-state index in [0.717, 1.165) is 25.7 Å². The summed E-state index contributed by atoms with van der Waals surface area (Å²) < 4.78 is 0. The van der Waals surface area contributed by atoms with Crippen LogP contribution in [0, 0.1) is 0 Å². The van der Waals surface area contributed by atoms with Crippen molar-refractivity contribution >= 4 is 5.91 Å². The highest BCUT2D eigenvalue weighted by molar-refractivity contribution is 5.76. The third-order valence-electron chi connectivity index (χ3n) is 6.53. The molecule has 0 aromatic rings. The average Bonchev–Trinajstić information content (AvgIpc) is 2.82. The van der Waals surface area contributed by atoms with E-state index in [2.05, 4.69) is 31.3 Å². The molecule has 0 aliphatic carbocycles. The molecule has 2 atom stereocenters. The average molecular weight is 468 g/mol. The van der Waals surface area contributed by atoms with Gasteiger partial charge in [-0.05, 0) is 38.5 Å². The quantitative estimate of drug-likeness (QED) is 0.0955. The number of carbonyl (C=O) groups is 1. The minimum absolute atomic E-state index is 0.0467. The minimum Gasteiger partial charge on any atom is -0.394 e. The summed E-state index contributed by atoms with van der Waals surface area (Å²) in [6, 6.07) is -0.531. The van der Waals surface area contributed by atoms with Crippen LogP contribution in [0.4, 0.5) is 0 Å². The Balaban J connectivity index is 3.62. The number of allylic oxidation sites excluding steroid dienone is 2. The molecule has 33 heavy (non-hydrogen) atoms. The smallest absolute Gasteiger partial charge is 0.220 e. The zero-order valence-electron chi connectivity index (χ0n) is 22.2. The summed E-state index contributed by atoms with van der Waals surface area (Å²) in [4.78, 5) is 12.2. The van der Waals surface area contributed by atoms with Gasteiger partial charge in [-0.1, -0.05) is 116 Å². The van der Waals surface area contributed by atoms with E-state index in [4.69, 9.17) is 0 Å². The number of aliphatic hydroxyl groups is 2. The summed E-state index contributed by atoms with van der Waals surface area (Å²) in [5.41, 5.74) is 0. The second-order valence-corrected chi connectivity index (χ2v) is 9.81. The van der Waals surface area contributed by atoms with Crippen molar-refractivity contribution in [2.24, 2.45) is 0 Å². The lowest BCUT2D eigenvalue weighted by molar-refractivity contribution is -0.123. The molecule has 0 bridgehead atoms. The zero-order chi connectivity index (χ0) is 24.4. The summed E-state index contributed by atoms with van der Waals surface area (Å²) >= 11 is 0. The van der Waals surface area contributed by atoms with E-state index in [9.17, 15) is 15.0 Å². The molecule has 3 N–H and O–H groups in total. The van der Waals surface area contributed by atoms with Crippen LogP contribution in [-0.2, 0) is 4.79 Å². The molecule has 0 saturated heterocycles. The normalized spacial score (nSPS) is 13.5. The Morgan fingerprint density at radius 3 is 1.67 bits per heavy atom. The molecular formula is C29H57NO3. The van der Waals surface area contributed by atoms with Gasteiger partial charge in [0.1, 0.15) is 0 Å². The Morgan fingerprint density at radius 1 is 0.697 bits per heavy atom. The van der Waals surface area contributed by atoms with Gasteiger partial charge in [-0.2, -0.15) is 0 Å². The highest BCUT2D eigenvalue weighted by Gasteiger charge is 2.19. The van der Waals surface area contributed by atoms with Crippen LogP contribution >= 0.6 is 0 Å². The highest BCUT2D eigenvalue weighted by atomic mass is 16.3. The van der Waals surface area contributed by atoms with Crippen molar-refractivity contribution in [3.05, 3.63) is 12.2 Å². The fourth-order valence-electron chi connectivity index (χ4n) is 4.23. The SMILES string of the molecule is CCCCCCC/C=C\CCCCCCCC(=O)NC(CO)C(O)CCCCCCCCC. The first-order chi connectivity index (χ1) is 16.2. The van der Waals surface area contributed by atoms with Crippen molar-refractivity contribution < 1.29 is 15.0 Å². The van der Waals surface area contributed by atoms with Gasteiger partial charge >= 0.3 is 0 Å². The van der Waals surface area contributed by atoms with E-state index in [-0.39, 0.29) is 12.5 Å². The number of unbranched alkanes of at least 4 members (excludes halogenated alkanes) is 16. The molecule has 4 heteroatoms. The number of hydrogen-bond acceptors (Lipinski definition) is 3. The van der Waals surface area contributed by atoms with Crippen molar-refractivity contribution in [2.45, 2.75) is 161 Å². The second kappa shape index (κ2) is 25.7. The van der Waals surface area contributed by atoms with Crippen LogP contribution in [0.1, 0.15) is 149 Å². The lowest BCUT2D eigenvalue weighted by Gasteiger charge is -2.22. The molecule has 0 fully saturated rings. The van der Waals surface area contributed by atoms with Crippen molar-refractivity contribution in [3.8, 4) is 0 Å². The lowest BCUT2D eigenvalue weighted by atomic mass is 10.0. The first-order valence-electron chi connectivity index (χ1n) is 14.4. The molecule has 1 amide bonds. The third-order valence-corrected chi connectivity index (χ3v) is 6.53. The molecular weight excluding hydrogens is 410 g/mol. The van der Waals surface area contributed by atoms with Gasteiger partial charge in [-0.25, -0.2) is 0 Å². The van der Waals surface area contributed by atoms with Gasteiger partial charge in [0.25, 0.3) is 0 Å². The van der Waals surface area contributed by atoms with E-state index >= 15 is 0 Å². The monoisotopic (exact) mass is 467 g/mol. The molecule has 2 unspecified atom stereocenters. The number of aliphatic hydroxyl groups excluding tert-OH is 2. The standard InChI is InChI=1S/C29H57NO3/c1-3-5-7-9-11-12-13-14-15-16-17-19-21-23-25-29(33)30-27(26-31)28(32)24-22-20-18-10-8-6-4-2/h13-14,27-28,31-32H,3-12,15-26H2,1-2H3,(H,30,33)/b14-13-. The predicted molar refractivity (Wildman–Crippen MR) is 142 cm³/mol.